The maximum Gasteiger partial charge on any atom is 3.00 e. The number of hydrogen-bond acceptors (Lipinski definition) is 4. The van der Waals surface area contributed by atoms with Crippen molar-refractivity contribution in [2.75, 3.05) is 4.90 Å². The number of benzene rings is 6. The molecule has 280 valence electrons. The van der Waals surface area contributed by atoms with E-state index in [0.717, 1.165) is 62.0 Å². The van der Waals surface area contributed by atoms with Crippen molar-refractivity contribution in [3.05, 3.63) is 254 Å². The topological polar surface area (TPSA) is 41.9 Å². The van der Waals surface area contributed by atoms with Gasteiger partial charge in [-0.1, -0.05) is 97.1 Å². The Hall–Kier alpha value is -7.04. The predicted octanol–water partition coefficient (Wildman–Crippen LogP) is 13.3. The summed E-state index contributed by atoms with van der Waals surface area (Å²) in [6.45, 7) is 0. The molecule has 0 spiro atoms. The number of hydrogen-bond donors (Lipinski definition) is 0. The van der Waals surface area contributed by atoms with Crippen molar-refractivity contribution in [2.24, 2.45) is 0 Å². The van der Waals surface area contributed by atoms with Gasteiger partial charge in [-0.05, 0) is 77.2 Å². The molecule has 0 bridgehead atoms. The van der Waals surface area contributed by atoms with Gasteiger partial charge in [-0.2, -0.15) is 0 Å². The summed E-state index contributed by atoms with van der Waals surface area (Å²) in [5.74, 6) is 0. The Labute approximate surface area is 355 Å². The van der Waals surface area contributed by atoms with Crippen LogP contribution in [0.3, 0.4) is 0 Å². The zero-order valence-corrected chi connectivity index (χ0v) is 34.0. The molecule has 0 aliphatic carbocycles. The SMILES string of the molecule is [Ir+3].[c-]1cc(C=Cc2ccc(N(c3ccccc3)c3ccccc3)cc2)ccc1-c1ccccn1.[c-]1ccccc1-c1ccccn1.[c-]1ccccc1-c1ccccn1. The van der Waals surface area contributed by atoms with Crippen molar-refractivity contribution in [3.8, 4) is 33.8 Å². The number of para-hydroxylation sites is 2. The van der Waals surface area contributed by atoms with E-state index in [1.807, 2.05) is 121 Å². The number of aromatic nitrogens is 3. The van der Waals surface area contributed by atoms with Crippen LogP contribution in [0.2, 0.25) is 0 Å². The van der Waals surface area contributed by atoms with Gasteiger partial charge >= 0.3 is 20.1 Å². The first-order valence-corrected chi connectivity index (χ1v) is 18.7. The van der Waals surface area contributed by atoms with E-state index in [-0.39, 0.29) is 20.1 Å². The van der Waals surface area contributed by atoms with Crippen LogP contribution in [0.1, 0.15) is 11.1 Å². The van der Waals surface area contributed by atoms with Gasteiger partial charge < -0.3 is 19.9 Å². The number of anilines is 3. The largest absolute Gasteiger partial charge is 3.00 e. The Balaban J connectivity index is 0.000000184. The Morgan fingerprint density at radius 3 is 1.14 bits per heavy atom. The molecule has 3 aromatic heterocycles. The molecule has 9 aromatic rings. The first kappa shape index (κ1) is 40.6. The second-order valence-electron chi connectivity index (χ2n) is 12.7. The van der Waals surface area contributed by atoms with Crippen LogP contribution in [0.25, 0.3) is 45.9 Å². The van der Waals surface area contributed by atoms with Crippen LogP contribution in [0.15, 0.2) is 225 Å². The third-order valence-electron chi connectivity index (χ3n) is 8.73. The summed E-state index contributed by atoms with van der Waals surface area (Å²) in [7, 11) is 0. The van der Waals surface area contributed by atoms with Crippen LogP contribution >= 0.6 is 0 Å². The summed E-state index contributed by atoms with van der Waals surface area (Å²) in [6.07, 6.45) is 9.62. The standard InChI is InChI=1S/C31H23N2.2C11H8N.Ir/c1-3-9-28(10-4-1)33(29-11-5-2-6-12-29)30-22-18-26(19-23-30)15-14-25-16-20-27(21-17-25)31-13-7-8-24-32-31;2*1-2-6-10(7-3-1)11-8-4-5-9-12-11;/h1-20,22-24H;2*1-6,8-9H;/q3*-1;+3. The maximum atomic E-state index is 4.39. The van der Waals surface area contributed by atoms with Crippen molar-refractivity contribution in [1.82, 2.24) is 15.0 Å². The molecule has 0 saturated heterocycles. The molecule has 0 saturated carbocycles. The van der Waals surface area contributed by atoms with E-state index >= 15 is 0 Å². The summed E-state index contributed by atoms with van der Waals surface area (Å²) >= 11 is 0. The molecule has 0 fully saturated rings. The fourth-order valence-corrected chi connectivity index (χ4v) is 5.90. The van der Waals surface area contributed by atoms with Gasteiger partial charge in [0.05, 0.1) is 0 Å². The summed E-state index contributed by atoms with van der Waals surface area (Å²) in [5.41, 5.74) is 11.6. The quantitative estimate of drug-likeness (QED) is 0.112. The predicted molar refractivity (Wildman–Crippen MR) is 236 cm³/mol. The van der Waals surface area contributed by atoms with Crippen LogP contribution in [0.5, 0.6) is 0 Å². The van der Waals surface area contributed by atoms with Gasteiger partial charge in [-0.25, -0.2) is 0 Å². The molecule has 3 heterocycles. The van der Waals surface area contributed by atoms with Gasteiger partial charge in [0.1, 0.15) is 0 Å². The van der Waals surface area contributed by atoms with E-state index in [4.69, 9.17) is 0 Å². The molecule has 6 aromatic carbocycles. The molecule has 4 nitrogen and oxygen atoms in total. The average molecular weight is 924 g/mol. The van der Waals surface area contributed by atoms with Crippen molar-refractivity contribution in [3.63, 3.8) is 0 Å². The van der Waals surface area contributed by atoms with E-state index in [2.05, 4.69) is 135 Å². The van der Waals surface area contributed by atoms with Crippen molar-refractivity contribution < 1.29 is 20.1 Å². The Morgan fingerprint density at radius 1 is 0.345 bits per heavy atom. The molecule has 0 unspecified atom stereocenters. The van der Waals surface area contributed by atoms with E-state index in [1.54, 1.807) is 18.6 Å². The van der Waals surface area contributed by atoms with Crippen LogP contribution in [-0.4, -0.2) is 15.0 Å². The minimum atomic E-state index is 0. The molecule has 0 amide bonds. The molecule has 9 rings (SSSR count). The molecule has 0 aliphatic heterocycles. The average Bonchev–Trinajstić information content (AvgIpc) is 3.32. The molecule has 5 heteroatoms. The fourth-order valence-electron chi connectivity index (χ4n) is 5.90. The summed E-state index contributed by atoms with van der Waals surface area (Å²) in [5, 5.41) is 0. The summed E-state index contributed by atoms with van der Waals surface area (Å²) in [4.78, 5) is 15.1. The third-order valence-corrected chi connectivity index (χ3v) is 8.73. The molecule has 0 N–H and O–H groups in total. The monoisotopic (exact) mass is 924 g/mol. The Kier molecular flexibility index (Phi) is 15.3. The smallest absolute Gasteiger partial charge is 0.311 e. The Morgan fingerprint density at radius 2 is 0.741 bits per heavy atom. The maximum absolute atomic E-state index is 4.39. The van der Waals surface area contributed by atoms with Crippen LogP contribution in [0, 0.1) is 18.2 Å². The van der Waals surface area contributed by atoms with Crippen molar-refractivity contribution in [2.45, 2.75) is 0 Å². The Bertz CT molecular complexity index is 2310. The van der Waals surface area contributed by atoms with Crippen LogP contribution in [-0.2, 0) is 20.1 Å². The molecule has 0 atom stereocenters. The molecule has 0 radical (unpaired) electrons. The zero-order chi connectivity index (χ0) is 38.7. The first-order chi connectivity index (χ1) is 28.3. The second-order valence-corrected chi connectivity index (χ2v) is 12.7. The zero-order valence-electron chi connectivity index (χ0n) is 31.6. The van der Waals surface area contributed by atoms with Crippen molar-refractivity contribution >= 4 is 29.2 Å². The van der Waals surface area contributed by atoms with Gasteiger partial charge in [-0.3, -0.25) is 0 Å². The van der Waals surface area contributed by atoms with Crippen molar-refractivity contribution in [1.29, 1.82) is 0 Å². The van der Waals surface area contributed by atoms with Crippen LogP contribution < -0.4 is 4.90 Å². The minimum absolute atomic E-state index is 0. The minimum Gasteiger partial charge on any atom is -0.311 e. The van der Waals surface area contributed by atoms with E-state index in [0.29, 0.717) is 0 Å². The van der Waals surface area contributed by atoms with E-state index in [9.17, 15) is 0 Å². The number of pyridine rings is 3. The molecular formula is C53H39IrN4. The number of nitrogens with zero attached hydrogens (tertiary/aromatic N) is 4. The number of rotatable bonds is 8. The molecule has 58 heavy (non-hydrogen) atoms. The van der Waals surface area contributed by atoms with Gasteiger partial charge in [0, 0.05) is 35.7 Å². The molecule has 0 aliphatic rings. The molecular weight excluding hydrogens is 885 g/mol. The van der Waals surface area contributed by atoms with Gasteiger partial charge in [0.15, 0.2) is 0 Å². The fraction of sp³-hybridized carbons (Fsp3) is 0. The first-order valence-electron chi connectivity index (χ1n) is 18.7. The summed E-state index contributed by atoms with van der Waals surface area (Å²) in [6, 6.07) is 78.5. The second kappa shape index (κ2) is 21.9. The van der Waals surface area contributed by atoms with Gasteiger partial charge in [0.25, 0.3) is 0 Å². The normalized spacial score (nSPS) is 10.2. The van der Waals surface area contributed by atoms with Gasteiger partial charge in [-0.15, -0.1) is 107 Å². The third kappa shape index (κ3) is 11.7. The van der Waals surface area contributed by atoms with Crippen LogP contribution in [0.4, 0.5) is 17.1 Å². The summed E-state index contributed by atoms with van der Waals surface area (Å²) < 4.78 is 0. The van der Waals surface area contributed by atoms with Gasteiger partial charge in [0.2, 0.25) is 0 Å². The van der Waals surface area contributed by atoms with E-state index < -0.39 is 0 Å². The van der Waals surface area contributed by atoms with E-state index in [1.165, 1.54) is 0 Å².